The van der Waals surface area contributed by atoms with E-state index in [-0.39, 0.29) is 17.6 Å². The van der Waals surface area contributed by atoms with Crippen molar-refractivity contribution in [1.29, 1.82) is 0 Å². The highest BCUT2D eigenvalue weighted by Gasteiger charge is 2.54. The second-order valence-corrected chi connectivity index (χ2v) is 7.89. The van der Waals surface area contributed by atoms with Crippen molar-refractivity contribution in [2.45, 2.75) is 44.8 Å². The summed E-state index contributed by atoms with van der Waals surface area (Å²) in [5.74, 6) is 0.280. The molecule has 5 heteroatoms. The predicted octanol–water partition coefficient (Wildman–Crippen LogP) is 4.21. The molecule has 1 amide bonds. The van der Waals surface area contributed by atoms with Crippen LogP contribution in [0.3, 0.4) is 0 Å². The SMILES string of the molecule is CC(C)(C)OC(=O)N1CCC[C@@H](C2(c3cccc(Cl)c3)CO2)C1. The Morgan fingerprint density at radius 2 is 2.17 bits per heavy atom. The monoisotopic (exact) mass is 337 g/mol. The van der Waals surface area contributed by atoms with Crippen molar-refractivity contribution >= 4 is 17.7 Å². The number of rotatable bonds is 2. The number of piperidine rings is 1. The van der Waals surface area contributed by atoms with Gasteiger partial charge in [0.05, 0.1) is 6.61 Å². The van der Waals surface area contributed by atoms with Crippen molar-refractivity contribution in [2.75, 3.05) is 19.7 Å². The molecule has 1 aromatic carbocycles. The van der Waals surface area contributed by atoms with Crippen molar-refractivity contribution < 1.29 is 14.3 Å². The van der Waals surface area contributed by atoms with Crippen LogP contribution in [-0.4, -0.2) is 36.3 Å². The van der Waals surface area contributed by atoms with Crippen LogP contribution in [0.1, 0.15) is 39.2 Å². The van der Waals surface area contributed by atoms with Gasteiger partial charge in [-0.3, -0.25) is 0 Å². The normalized spacial score (nSPS) is 27.7. The van der Waals surface area contributed by atoms with Crippen LogP contribution in [0.25, 0.3) is 0 Å². The van der Waals surface area contributed by atoms with E-state index >= 15 is 0 Å². The molecule has 0 spiro atoms. The van der Waals surface area contributed by atoms with E-state index in [4.69, 9.17) is 21.1 Å². The second-order valence-electron chi connectivity index (χ2n) is 7.45. The molecule has 0 aromatic heterocycles. The predicted molar refractivity (Wildman–Crippen MR) is 89.6 cm³/mol. The zero-order chi connectivity index (χ0) is 16.7. The summed E-state index contributed by atoms with van der Waals surface area (Å²) in [6.07, 6.45) is 1.78. The number of halogens is 1. The van der Waals surface area contributed by atoms with E-state index in [2.05, 4.69) is 6.07 Å². The summed E-state index contributed by atoms with van der Waals surface area (Å²) < 4.78 is 11.4. The molecule has 2 aliphatic heterocycles. The van der Waals surface area contributed by atoms with Gasteiger partial charge < -0.3 is 14.4 Å². The topological polar surface area (TPSA) is 42.1 Å². The number of ether oxygens (including phenoxy) is 2. The van der Waals surface area contributed by atoms with Gasteiger partial charge in [-0.15, -0.1) is 0 Å². The van der Waals surface area contributed by atoms with Crippen molar-refractivity contribution in [3.63, 3.8) is 0 Å². The van der Waals surface area contributed by atoms with Crippen LogP contribution in [0.15, 0.2) is 24.3 Å². The molecule has 0 radical (unpaired) electrons. The fourth-order valence-corrected chi connectivity index (χ4v) is 3.51. The third-order valence-electron chi connectivity index (χ3n) is 4.50. The quantitative estimate of drug-likeness (QED) is 0.759. The smallest absolute Gasteiger partial charge is 0.410 e. The maximum Gasteiger partial charge on any atom is 0.410 e. The van der Waals surface area contributed by atoms with Crippen molar-refractivity contribution in [3.05, 3.63) is 34.9 Å². The van der Waals surface area contributed by atoms with E-state index < -0.39 is 5.60 Å². The Morgan fingerprint density at radius 1 is 1.43 bits per heavy atom. The minimum Gasteiger partial charge on any atom is -0.444 e. The number of amides is 1. The largest absolute Gasteiger partial charge is 0.444 e. The van der Waals surface area contributed by atoms with E-state index in [0.29, 0.717) is 13.2 Å². The molecule has 2 aliphatic rings. The minimum absolute atomic E-state index is 0.232. The van der Waals surface area contributed by atoms with Gasteiger partial charge in [0.25, 0.3) is 0 Å². The van der Waals surface area contributed by atoms with Crippen LogP contribution in [0.5, 0.6) is 0 Å². The molecule has 2 atom stereocenters. The number of hydrogen-bond donors (Lipinski definition) is 0. The third-order valence-corrected chi connectivity index (χ3v) is 4.74. The minimum atomic E-state index is -0.468. The first kappa shape index (κ1) is 16.6. The fourth-order valence-electron chi connectivity index (χ4n) is 3.32. The van der Waals surface area contributed by atoms with Gasteiger partial charge in [0.2, 0.25) is 0 Å². The fraction of sp³-hybridized carbons (Fsp3) is 0.611. The highest BCUT2D eigenvalue weighted by atomic mass is 35.5. The maximum absolute atomic E-state index is 12.3. The summed E-state index contributed by atoms with van der Waals surface area (Å²) >= 11 is 6.13. The van der Waals surface area contributed by atoms with Crippen LogP contribution in [0.2, 0.25) is 5.02 Å². The average molecular weight is 338 g/mol. The summed E-state index contributed by atoms with van der Waals surface area (Å²) in [6.45, 7) is 7.79. The first-order valence-electron chi connectivity index (χ1n) is 8.18. The van der Waals surface area contributed by atoms with Crippen LogP contribution < -0.4 is 0 Å². The lowest BCUT2D eigenvalue weighted by Gasteiger charge is -2.36. The molecular formula is C18H24ClNO3. The molecule has 2 saturated heterocycles. The Labute approximate surface area is 142 Å². The number of carbonyl (C=O) groups is 1. The van der Waals surface area contributed by atoms with Crippen molar-refractivity contribution in [3.8, 4) is 0 Å². The molecule has 4 nitrogen and oxygen atoms in total. The zero-order valence-electron chi connectivity index (χ0n) is 14.0. The Hall–Kier alpha value is -1.26. The molecule has 1 unspecified atom stereocenters. The van der Waals surface area contributed by atoms with E-state index in [0.717, 1.165) is 30.0 Å². The maximum atomic E-state index is 12.3. The molecule has 0 saturated carbocycles. The summed E-state index contributed by atoms with van der Waals surface area (Å²) in [5, 5.41) is 0.720. The number of nitrogens with zero attached hydrogens (tertiary/aromatic N) is 1. The van der Waals surface area contributed by atoms with Gasteiger partial charge in [0, 0.05) is 24.0 Å². The molecule has 0 aliphatic carbocycles. The Morgan fingerprint density at radius 3 is 2.78 bits per heavy atom. The van der Waals surface area contributed by atoms with Gasteiger partial charge >= 0.3 is 6.09 Å². The summed E-state index contributed by atoms with van der Waals surface area (Å²) in [7, 11) is 0. The van der Waals surface area contributed by atoms with Crippen molar-refractivity contribution in [2.24, 2.45) is 5.92 Å². The highest BCUT2D eigenvalue weighted by molar-refractivity contribution is 6.30. The molecule has 2 heterocycles. The zero-order valence-corrected chi connectivity index (χ0v) is 14.7. The Kier molecular flexibility index (Phi) is 4.32. The first-order valence-corrected chi connectivity index (χ1v) is 8.56. The van der Waals surface area contributed by atoms with E-state index in [1.807, 2.05) is 43.9 Å². The van der Waals surface area contributed by atoms with Gasteiger partial charge in [-0.25, -0.2) is 4.79 Å². The van der Waals surface area contributed by atoms with Gasteiger partial charge in [-0.05, 0) is 51.3 Å². The molecular weight excluding hydrogens is 314 g/mol. The summed E-state index contributed by atoms with van der Waals surface area (Å²) in [6, 6.07) is 7.86. The standard InChI is InChI=1S/C18H24ClNO3/c1-17(2,3)23-16(21)20-9-5-7-14(11-20)18(12-22-18)13-6-4-8-15(19)10-13/h4,6,8,10,14H,5,7,9,11-12H2,1-3H3/t14-,18?/m1/s1. The van der Waals surface area contributed by atoms with Crippen LogP contribution in [-0.2, 0) is 15.1 Å². The van der Waals surface area contributed by atoms with E-state index in [1.165, 1.54) is 0 Å². The summed E-state index contributed by atoms with van der Waals surface area (Å²) in [4.78, 5) is 14.2. The number of likely N-dealkylation sites (tertiary alicyclic amines) is 1. The lowest BCUT2D eigenvalue weighted by molar-refractivity contribution is 0.0105. The average Bonchev–Trinajstić information content (AvgIpc) is 3.27. The second kappa shape index (κ2) is 5.99. The van der Waals surface area contributed by atoms with Crippen LogP contribution in [0.4, 0.5) is 4.79 Å². The van der Waals surface area contributed by atoms with E-state index in [9.17, 15) is 4.79 Å². The van der Waals surface area contributed by atoms with Gasteiger partial charge in [-0.2, -0.15) is 0 Å². The number of hydrogen-bond acceptors (Lipinski definition) is 3. The Bertz CT molecular complexity index is 592. The van der Waals surface area contributed by atoms with Crippen molar-refractivity contribution in [1.82, 2.24) is 4.90 Å². The van der Waals surface area contributed by atoms with Crippen LogP contribution >= 0.6 is 11.6 Å². The third kappa shape index (κ3) is 3.64. The molecule has 3 rings (SSSR count). The molecule has 0 bridgehead atoms. The highest BCUT2D eigenvalue weighted by Crippen LogP contribution is 2.49. The number of carbonyl (C=O) groups excluding carboxylic acids is 1. The molecule has 0 N–H and O–H groups in total. The molecule has 23 heavy (non-hydrogen) atoms. The molecule has 1 aromatic rings. The number of epoxide rings is 1. The van der Waals surface area contributed by atoms with Gasteiger partial charge in [0.15, 0.2) is 0 Å². The number of benzene rings is 1. The van der Waals surface area contributed by atoms with Gasteiger partial charge in [-0.1, -0.05) is 23.7 Å². The van der Waals surface area contributed by atoms with Crippen LogP contribution in [0, 0.1) is 5.92 Å². The first-order chi connectivity index (χ1) is 10.8. The summed E-state index contributed by atoms with van der Waals surface area (Å²) in [5.41, 5.74) is 0.358. The molecule has 2 fully saturated rings. The lowest BCUT2D eigenvalue weighted by atomic mass is 9.81. The Balaban J connectivity index is 1.73. The van der Waals surface area contributed by atoms with E-state index in [1.54, 1.807) is 0 Å². The lowest BCUT2D eigenvalue weighted by Crippen LogP contribution is -2.46. The van der Waals surface area contributed by atoms with Gasteiger partial charge in [0.1, 0.15) is 11.2 Å². The molecule has 126 valence electrons.